The molecule has 2 aromatic rings. The number of hydrogen-bond acceptors (Lipinski definition) is 6. The molecule has 0 radical (unpaired) electrons. The van der Waals surface area contributed by atoms with Gasteiger partial charge in [0.05, 0.1) is 36.8 Å². The first-order chi connectivity index (χ1) is 14.3. The van der Waals surface area contributed by atoms with Crippen molar-refractivity contribution in [1.29, 1.82) is 0 Å². The zero-order chi connectivity index (χ0) is 21.5. The van der Waals surface area contributed by atoms with Gasteiger partial charge < -0.3 is 14.2 Å². The fourth-order valence-electron chi connectivity index (χ4n) is 4.00. The van der Waals surface area contributed by atoms with E-state index in [0.717, 1.165) is 5.56 Å². The van der Waals surface area contributed by atoms with Gasteiger partial charge in [0, 0.05) is 23.1 Å². The van der Waals surface area contributed by atoms with Crippen molar-refractivity contribution in [3.8, 4) is 5.75 Å². The molecular weight excluding hydrogens is 452 g/mol. The average molecular weight is 473 g/mol. The number of methoxy groups -OCH3 is 1. The fraction of sp³-hybridized carbons (Fsp3) is 0.348. The molecule has 1 aliphatic heterocycles. The summed E-state index contributed by atoms with van der Waals surface area (Å²) in [5.41, 5.74) is 2.04. The van der Waals surface area contributed by atoms with Gasteiger partial charge in [-0.15, -0.1) is 0 Å². The zero-order valence-corrected chi connectivity index (χ0v) is 18.3. The van der Waals surface area contributed by atoms with Crippen LogP contribution in [0.5, 0.6) is 5.75 Å². The van der Waals surface area contributed by atoms with E-state index in [0.29, 0.717) is 46.5 Å². The standard InChI is InChI=1S/C23H21BrO6/c1-23(29-9-10-30-23)12-14(25)8-7-13-11-17-18(22(28-2)19(13)24)21(27)16-6-4-3-5-15(16)20(17)26/h3-6,11H,7-10,12H2,1-2H3. The highest BCUT2D eigenvalue weighted by atomic mass is 79.9. The Morgan fingerprint density at radius 2 is 1.73 bits per heavy atom. The summed E-state index contributed by atoms with van der Waals surface area (Å²) in [4.78, 5) is 38.6. The maximum absolute atomic E-state index is 13.1. The number of aryl methyl sites for hydroxylation is 1. The lowest BCUT2D eigenvalue weighted by Gasteiger charge is -2.23. The highest BCUT2D eigenvalue weighted by Crippen LogP contribution is 2.40. The first kappa shape index (κ1) is 20.9. The predicted molar refractivity (Wildman–Crippen MR) is 112 cm³/mol. The van der Waals surface area contributed by atoms with Crippen LogP contribution in [0.2, 0.25) is 0 Å². The lowest BCUT2D eigenvalue weighted by molar-refractivity contribution is -0.158. The number of Topliss-reactive ketones (excluding diaryl/α,β-unsaturated/α-hetero) is 1. The van der Waals surface area contributed by atoms with Crippen LogP contribution in [-0.2, 0) is 20.7 Å². The summed E-state index contributed by atoms with van der Waals surface area (Å²) in [6.07, 6.45) is 0.807. The number of rotatable bonds is 6. The summed E-state index contributed by atoms with van der Waals surface area (Å²) in [6.45, 7) is 2.72. The van der Waals surface area contributed by atoms with Gasteiger partial charge in [-0.05, 0) is 40.9 Å². The molecule has 0 unspecified atom stereocenters. The molecule has 7 heteroatoms. The highest BCUT2D eigenvalue weighted by Gasteiger charge is 2.35. The SMILES string of the molecule is COc1c(Br)c(CCC(=O)CC2(C)OCCO2)cc2c1C(=O)c1ccccc1C2=O. The Bertz CT molecular complexity index is 1050. The van der Waals surface area contributed by atoms with Crippen LogP contribution in [0.1, 0.15) is 57.2 Å². The number of ether oxygens (including phenoxy) is 3. The molecule has 1 aliphatic carbocycles. The predicted octanol–water partition coefficient (Wildman–Crippen LogP) is 3.89. The third kappa shape index (κ3) is 3.62. The van der Waals surface area contributed by atoms with Crippen molar-refractivity contribution in [2.45, 2.75) is 32.0 Å². The molecule has 2 aromatic carbocycles. The molecule has 0 amide bonds. The number of carbonyl (C=O) groups excluding carboxylic acids is 3. The van der Waals surface area contributed by atoms with Gasteiger partial charge in [-0.1, -0.05) is 24.3 Å². The minimum Gasteiger partial charge on any atom is -0.495 e. The van der Waals surface area contributed by atoms with Crippen LogP contribution >= 0.6 is 15.9 Å². The molecule has 1 heterocycles. The van der Waals surface area contributed by atoms with Gasteiger partial charge in [-0.2, -0.15) is 0 Å². The minimum atomic E-state index is -0.867. The molecule has 0 spiro atoms. The van der Waals surface area contributed by atoms with E-state index < -0.39 is 5.79 Å². The van der Waals surface area contributed by atoms with Crippen molar-refractivity contribution < 1.29 is 28.6 Å². The lowest BCUT2D eigenvalue weighted by atomic mass is 9.82. The third-order valence-electron chi connectivity index (χ3n) is 5.48. The largest absolute Gasteiger partial charge is 0.495 e. The molecule has 30 heavy (non-hydrogen) atoms. The minimum absolute atomic E-state index is 0.00395. The summed E-state index contributed by atoms with van der Waals surface area (Å²) < 4.78 is 17.1. The van der Waals surface area contributed by atoms with Gasteiger partial charge in [-0.25, -0.2) is 0 Å². The molecule has 0 atom stereocenters. The van der Waals surface area contributed by atoms with Crippen molar-refractivity contribution in [2.24, 2.45) is 0 Å². The van der Waals surface area contributed by atoms with Crippen molar-refractivity contribution in [3.63, 3.8) is 0 Å². The van der Waals surface area contributed by atoms with E-state index in [2.05, 4.69) is 15.9 Å². The van der Waals surface area contributed by atoms with Gasteiger partial charge in [0.25, 0.3) is 0 Å². The second-order valence-electron chi connectivity index (χ2n) is 7.56. The molecule has 6 nitrogen and oxygen atoms in total. The van der Waals surface area contributed by atoms with E-state index in [-0.39, 0.29) is 35.8 Å². The number of hydrogen-bond donors (Lipinski definition) is 0. The topological polar surface area (TPSA) is 78.9 Å². The molecule has 2 aliphatic rings. The third-order valence-corrected chi connectivity index (χ3v) is 6.35. The van der Waals surface area contributed by atoms with Crippen LogP contribution in [0.4, 0.5) is 0 Å². The van der Waals surface area contributed by atoms with Crippen molar-refractivity contribution in [3.05, 3.63) is 62.6 Å². The van der Waals surface area contributed by atoms with Crippen LogP contribution in [0.3, 0.4) is 0 Å². The number of carbonyl (C=O) groups is 3. The summed E-state index contributed by atoms with van der Waals surface area (Å²) in [5, 5.41) is 0. The van der Waals surface area contributed by atoms with E-state index in [1.165, 1.54) is 7.11 Å². The molecule has 1 fully saturated rings. The summed E-state index contributed by atoms with van der Waals surface area (Å²) in [7, 11) is 1.46. The van der Waals surface area contributed by atoms with Crippen molar-refractivity contribution in [2.75, 3.05) is 20.3 Å². The normalized spacial score (nSPS) is 16.9. The summed E-state index contributed by atoms with van der Waals surface area (Å²) in [5.74, 6) is -1.02. The monoisotopic (exact) mass is 472 g/mol. The number of ketones is 3. The Morgan fingerprint density at radius 1 is 1.10 bits per heavy atom. The molecule has 1 saturated heterocycles. The van der Waals surface area contributed by atoms with Gasteiger partial charge >= 0.3 is 0 Å². The van der Waals surface area contributed by atoms with Crippen molar-refractivity contribution >= 4 is 33.3 Å². The number of fused-ring (bicyclic) bond motifs is 2. The highest BCUT2D eigenvalue weighted by molar-refractivity contribution is 9.10. The molecule has 0 N–H and O–H groups in total. The Balaban J connectivity index is 1.64. The van der Waals surface area contributed by atoms with Gasteiger partial charge in [0.2, 0.25) is 0 Å². The Kier molecular flexibility index (Phi) is 5.61. The van der Waals surface area contributed by atoms with Gasteiger partial charge in [0.1, 0.15) is 11.5 Å². The van der Waals surface area contributed by atoms with Gasteiger partial charge in [-0.3, -0.25) is 14.4 Å². The number of halogens is 1. The average Bonchev–Trinajstić information content (AvgIpc) is 3.16. The summed E-state index contributed by atoms with van der Waals surface area (Å²) in [6, 6.07) is 8.45. The zero-order valence-electron chi connectivity index (χ0n) is 16.7. The quantitative estimate of drug-likeness (QED) is 0.541. The lowest BCUT2D eigenvalue weighted by Crippen LogP contribution is -2.29. The van der Waals surface area contributed by atoms with Crippen LogP contribution in [-0.4, -0.2) is 43.5 Å². The van der Waals surface area contributed by atoms with Gasteiger partial charge in [0.15, 0.2) is 17.4 Å². The van der Waals surface area contributed by atoms with E-state index in [1.54, 1.807) is 37.3 Å². The van der Waals surface area contributed by atoms with E-state index >= 15 is 0 Å². The Labute approximate surface area is 182 Å². The van der Waals surface area contributed by atoms with E-state index in [4.69, 9.17) is 14.2 Å². The second kappa shape index (κ2) is 8.06. The smallest absolute Gasteiger partial charge is 0.198 e. The first-order valence-corrected chi connectivity index (χ1v) is 10.5. The molecule has 0 aromatic heterocycles. The molecule has 0 saturated carbocycles. The van der Waals surface area contributed by atoms with Crippen LogP contribution in [0.15, 0.2) is 34.8 Å². The maximum atomic E-state index is 13.1. The van der Waals surface area contributed by atoms with Crippen LogP contribution in [0, 0.1) is 0 Å². The van der Waals surface area contributed by atoms with E-state index in [9.17, 15) is 14.4 Å². The van der Waals surface area contributed by atoms with Crippen LogP contribution in [0.25, 0.3) is 0 Å². The molecule has 4 rings (SSSR count). The second-order valence-corrected chi connectivity index (χ2v) is 8.35. The summed E-state index contributed by atoms with van der Waals surface area (Å²) >= 11 is 3.51. The molecule has 0 bridgehead atoms. The molecular formula is C23H21BrO6. The Hall–Kier alpha value is -2.35. The Morgan fingerprint density at radius 3 is 2.37 bits per heavy atom. The van der Waals surface area contributed by atoms with Crippen molar-refractivity contribution in [1.82, 2.24) is 0 Å². The maximum Gasteiger partial charge on any atom is 0.198 e. The fourth-order valence-corrected chi connectivity index (χ4v) is 4.68. The molecule has 156 valence electrons. The first-order valence-electron chi connectivity index (χ1n) is 9.72. The van der Waals surface area contributed by atoms with E-state index in [1.807, 2.05) is 0 Å². The number of benzene rings is 2. The van der Waals surface area contributed by atoms with Crippen LogP contribution < -0.4 is 4.74 Å².